The fourth-order valence-corrected chi connectivity index (χ4v) is 2.32. The summed E-state index contributed by atoms with van der Waals surface area (Å²) >= 11 is 0. The van der Waals surface area contributed by atoms with E-state index in [1.54, 1.807) is 27.7 Å². The number of hydrogen-bond donors (Lipinski definition) is 0. The maximum Gasteiger partial charge on any atom is 0.338 e. The number of aromatic nitrogens is 4. The highest BCUT2D eigenvalue weighted by atomic mass is 16.5. The van der Waals surface area contributed by atoms with Crippen LogP contribution in [0.2, 0.25) is 0 Å². The Labute approximate surface area is 134 Å². The van der Waals surface area contributed by atoms with Gasteiger partial charge in [-0.2, -0.15) is 10.2 Å². The molecule has 0 fully saturated rings. The number of benzene rings is 1. The third-order valence-corrected chi connectivity index (χ3v) is 3.45. The Morgan fingerprint density at radius 2 is 2.17 bits per heavy atom. The van der Waals surface area contributed by atoms with Crippen molar-refractivity contribution in [3.63, 3.8) is 0 Å². The summed E-state index contributed by atoms with van der Waals surface area (Å²) < 4.78 is 8.81. The van der Waals surface area contributed by atoms with Crippen molar-refractivity contribution in [2.75, 3.05) is 6.61 Å². The maximum absolute atomic E-state index is 12.1. The number of carbonyl (C=O) groups is 1. The molecule has 0 aliphatic heterocycles. The average Bonchev–Trinajstić information content (AvgIpc) is 3.23. The lowest BCUT2D eigenvalue weighted by molar-refractivity contribution is 0.0500. The lowest BCUT2D eigenvalue weighted by Gasteiger charge is -2.06. The van der Waals surface area contributed by atoms with Crippen molar-refractivity contribution in [2.24, 2.45) is 7.05 Å². The highest BCUT2D eigenvalue weighted by molar-refractivity contribution is 5.90. The average molecular weight is 310 g/mol. The van der Waals surface area contributed by atoms with Crippen LogP contribution in [0.4, 0.5) is 0 Å². The number of nitrogens with zero attached hydrogens (tertiary/aromatic N) is 4. The van der Waals surface area contributed by atoms with Gasteiger partial charge in [-0.25, -0.2) is 9.48 Å². The molecule has 3 aromatic rings. The number of rotatable bonds is 6. The number of hydrogen-bond acceptors (Lipinski definition) is 4. The van der Waals surface area contributed by atoms with Gasteiger partial charge in [0.25, 0.3) is 0 Å². The first-order chi connectivity index (χ1) is 11.2. The quantitative estimate of drug-likeness (QED) is 0.518. The van der Waals surface area contributed by atoms with E-state index in [1.807, 2.05) is 43.8 Å². The summed E-state index contributed by atoms with van der Waals surface area (Å²) in [5.74, 6) is -0.315. The molecule has 0 atom stereocenters. The zero-order valence-corrected chi connectivity index (χ0v) is 12.9. The van der Waals surface area contributed by atoms with E-state index in [1.165, 1.54) is 0 Å². The first-order valence-electron chi connectivity index (χ1n) is 7.47. The second kappa shape index (κ2) is 6.91. The molecule has 2 aromatic heterocycles. The molecule has 0 bridgehead atoms. The second-order valence-corrected chi connectivity index (χ2v) is 5.26. The molecule has 6 heteroatoms. The predicted molar refractivity (Wildman–Crippen MR) is 85.4 cm³/mol. The maximum atomic E-state index is 12.1. The zero-order valence-electron chi connectivity index (χ0n) is 12.9. The zero-order chi connectivity index (χ0) is 16.1. The molecule has 0 saturated carbocycles. The van der Waals surface area contributed by atoms with E-state index in [9.17, 15) is 4.79 Å². The predicted octanol–water partition coefficient (Wildman–Crippen LogP) is 2.40. The smallest absolute Gasteiger partial charge is 0.338 e. The Bertz CT molecular complexity index is 778. The van der Waals surface area contributed by atoms with Crippen LogP contribution in [0.15, 0.2) is 55.1 Å². The number of ether oxygens (including phenoxy) is 1. The molecule has 0 amide bonds. The highest BCUT2D eigenvalue weighted by Crippen LogP contribution is 2.11. The molecule has 0 unspecified atom stereocenters. The molecule has 0 aliphatic carbocycles. The number of aryl methyl sites for hydroxylation is 2. The molecular weight excluding hydrogens is 292 g/mol. The van der Waals surface area contributed by atoms with Gasteiger partial charge in [0.15, 0.2) is 0 Å². The van der Waals surface area contributed by atoms with Gasteiger partial charge in [0.2, 0.25) is 0 Å². The SMILES string of the molecule is Cn1cc(CCCOC(=O)c2cccc(-n3cccn3)c2)cn1. The second-order valence-electron chi connectivity index (χ2n) is 5.26. The minimum absolute atomic E-state index is 0.315. The fraction of sp³-hybridized carbons (Fsp3) is 0.235. The van der Waals surface area contributed by atoms with Crippen molar-refractivity contribution in [2.45, 2.75) is 12.8 Å². The Hall–Kier alpha value is -2.89. The van der Waals surface area contributed by atoms with E-state index < -0.39 is 0 Å². The molecule has 118 valence electrons. The van der Waals surface area contributed by atoms with Crippen molar-refractivity contribution in [3.8, 4) is 5.69 Å². The van der Waals surface area contributed by atoms with E-state index >= 15 is 0 Å². The van der Waals surface area contributed by atoms with Gasteiger partial charge in [-0.3, -0.25) is 4.68 Å². The molecule has 0 saturated heterocycles. The monoisotopic (exact) mass is 310 g/mol. The molecule has 3 rings (SSSR count). The van der Waals surface area contributed by atoms with E-state index in [0.29, 0.717) is 12.2 Å². The van der Waals surface area contributed by atoms with Gasteiger partial charge < -0.3 is 4.74 Å². The molecule has 23 heavy (non-hydrogen) atoms. The van der Waals surface area contributed by atoms with Gasteiger partial charge in [0.1, 0.15) is 0 Å². The number of esters is 1. The minimum atomic E-state index is -0.315. The van der Waals surface area contributed by atoms with Gasteiger partial charge in [0.05, 0.1) is 24.1 Å². The molecule has 0 aliphatic rings. The Kier molecular flexibility index (Phi) is 4.52. The van der Waals surface area contributed by atoms with Crippen LogP contribution in [-0.2, 0) is 18.2 Å². The summed E-state index contributed by atoms with van der Waals surface area (Å²) in [5.41, 5.74) is 2.50. The van der Waals surface area contributed by atoms with Crippen molar-refractivity contribution in [3.05, 3.63) is 66.2 Å². The largest absolute Gasteiger partial charge is 0.462 e. The normalized spacial score (nSPS) is 10.7. The van der Waals surface area contributed by atoms with Crippen LogP contribution < -0.4 is 0 Å². The first kappa shape index (κ1) is 15.0. The van der Waals surface area contributed by atoms with Gasteiger partial charge in [0, 0.05) is 25.6 Å². The Morgan fingerprint density at radius 1 is 1.26 bits per heavy atom. The van der Waals surface area contributed by atoms with Crippen LogP contribution in [0.25, 0.3) is 5.69 Å². The summed E-state index contributed by atoms with van der Waals surface area (Å²) in [4.78, 5) is 12.1. The van der Waals surface area contributed by atoms with Crippen LogP contribution >= 0.6 is 0 Å². The van der Waals surface area contributed by atoms with Gasteiger partial charge >= 0.3 is 5.97 Å². The van der Waals surface area contributed by atoms with Crippen LogP contribution in [-0.4, -0.2) is 32.1 Å². The van der Waals surface area contributed by atoms with Crippen molar-refractivity contribution < 1.29 is 9.53 Å². The topological polar surface area (TPSA) is 61.9 Å². The van der Waals surface area contributed by atoms with E-state index in [4.69, 9.17) is 4.74 Å². The van der Waals surface area contributed by atoms with Gasteiger partial charge in [-0.1, -0.05) is 6.07 Å². The molecule has 0 radical (unpaired) electrons. The Morgan fingerprint density at radius 3 is 2.91 bits per heavy atom. The van der Waals surface area contributed by atoms with E-state index in [-0.39, 0.29) is 5.97 Å². The first-order valence-corrected chi connectivity index (χ1v) is 7.47. The lowest BCUT2D eigenvalue weighted by atomic mass is 10.2. The third kappa shape index (κ3) is 3.85. The van der Waals surface area contributed by atoms with Crippen molar-refractivity contribution in [1.82, 2.24) is 19.6 Å². The van der Waals surface area contributed by atoms with E-state index in [2.05, 4.69) is 10.2 Å². The highest BCUT2D eigenvalue weighted by Gasteiger charge is 2.08. The minimum Gasteiger partial charge on any atom is -0.462 e. The Balaban J connectivity index is 1.53. The third-order valence-electron chi connectivity index (χ3n) is 3.45. The van der Waals surface area contributed by atoms with Crippen molar-refractivity contribution in [1.29, 1.82) is 0 Å². The molecule has 0 N–H and O–H groups in total. The molecular formula is C17H18N4O2. The summed E-state index contributed by atoms with van der Waals surface area (Å²) in [6, 6.07) is 9.08. The summed E-state index contributed by atoms with van der Waals surface area (Å²) in [6.07, 6.45) is 8.94. The van der Waals surface area contributed by atoms with Crippen LogP contribution in [0.3, 0.4) is 0 Å². The molecule has 1 aromatic carbocycles. The van der Waals surface area contributed by atoms with Crippen LogP contribution in [0.1, 0.15) is 22.3 Å². The number of carbonyl (C=O) groups excluding carboxylic acids is 1. The molecule has 6 nitrogen and oxygen atoms in total. The van der Waals surface area contributed by atoms with E-state index in [0.717, 1.165) is 24.1 Å². The summed E-state index contributed by atoms with van der Waals surface area (Å²) in [6.45, 7) is 0.389. The standard InChI is InChI=1S/C17H18N4O2/c1-20-13-14(12-19-20)5-3-10-23-17(22)15-6-2-7-16(11-15)21-9-4-8-18-21/h2,4,6-9,11-13H,3,5,10H2,1H3. The van der Waals surface area contributed by atoms with Gasteiger partial charge in [-0.15, -0.1) is 0 Å². The summed E-state index contributed by atoms with van der Waals surface area (Å²) in [5, 5.41) is 8.27. The fourth-order valence-electron chi connectivity index (χ4n) is 2.32. The summed E-state index contributed by atoms with van der Waals surface area (Å²) in [7, 11) is 1.89. The lowest BCUT2D eigenvalue weighted by Crippen LogP contribution is -2.08. The van der Waals surface area contributed by atoms with Gasteiger partial charge in [-0.05, 0) is 42.7 Å². The van der Waals surface area contributed by atoms with Crippen LogP contribution in [0, 0.1) is 0 Å². The van der Waals surface area contributed by atoms with Crippen molar-refractivity contribution >= 4 is 5.97 Å². The van der Waals surface area contributed by atoms with Crippen LogP contribution in [0.5, 0.6) is 0 Å². The molecule has 0 spiro atoms. The molecule has 2 heterocycles.